The van der Waals surface area contributed by atoms with E-state index in [0.717, 1.165) is 15.6 Å². The highest BCUT2D eigenvalue weighted by atomic mass is 79.9. The van der Waals surface area contributed by atoms with Crippen LogP contribution in [0.25, 0.3) is 10.9 Å². The summed E-state index contributed by atoms with van der Waals surface area (Å²) in [5, 5.41) is 1.71. The molecule has 21 heavy (non-hydrogen) atoms. The highest BCUT2D eigenvalue weighted by Gasteiger charge is 2.08. The first-order chi connectivity index (χ1) is 10.0. The van der Waals surface area contributed by atoms with Gasteiger partial charge in [0.25, 0.3) is 0 Å². The van der Waals surface area contributed by atoms with Gasteiger partial charge in [0, 0.05) is 33.3 Å². The van der Waals surface area contributed by atoms with Gasteiger partial charge in [-0.3, -0.25) is 4.79 Å². The van der Waals surface area contributed by atoms with Crippen LogP contribution in [0, 0.1) is 0 Å². The molecule has 1 amide bonds. The third-order valence-electron chi connectivity index (χ3n) is 3.41. The Balaban J connectivity index is 1.99. The van der Waals surface area contributed by atoms with Gasteiger partial charge in [0.1, 0.15) is 0 Å². The fraction of sp³-hybridized carbons (Fsp3) is 0.0625. The molecule has 0 bridgehead atoms. The number of aromatic nitrogens is 1. The molecule has 1 heterocycles. The van der Waals surface area contributed by atoms with Crippen LogP contribution in [0.3, 0.4) is 0 Å². The van der Waals surface area contributed by atoms with E-state index in [9.17, 15) is 4.79 Å². The molecule has 1 aromatic heterocycles. The fourth-order valence-electron chi connectivity index (χ4n) is 2.31. The summed E-state index contributed by atoms with van der Waals surface area (Å²) in [7, 11) is 0. The Morgan fingerprint density at radius 2 is 2.00 bits per heavy atom. The van der Waals surface area contributed by atoms with E-state index in [1.807, 2.05) is 18.3 Å². The van der Waals surface area contributed by atoms with E-state index in [0.29, 0.717) is 17.1 Å². The molecule has 0 saturated heterocycles. The minimum absolute atomic E-state index is 0.420. The molecule has 106 valence electrons. The number of nitrogens with zero attached hydrogens (tertiary/aromatic N) is 1. The number of hydrogen-bond donors (Lipinski definition) is 1. The maximum absolute atomic E-state index is 11.1. The lowest BCUT2D eigenvalue weighted by Crippen LogP contribution is -2.11. The molecule has 2 N–H and O–H groups in total. The molecule has 0 fully saturated rings. The number of carbonyl (C=O) groups is 1. The van der Waals surface area contributed by atoms with Crippen molar-refractivity contribution in [3.63, 3.8) is 0 Å². The van der Waals surface area contributed by atoms with Crippen molar-refractivity contribution in [1.29, 1.82) is 0 Å². The molecule has 0 atom stereocenters. The Bertz CT molecular complexity index is 841. The van der Waals surface area contributed by atoms with E-state index in [1.165, 1.54) is 5.39 Å². The van der Waals surface area contributed by atoms with Crippen molar-refractivity contribution in [3.8, 4) is 0 Å². The number of nitrogens with two attached hydrogens (primary N) is 1. The summed E-state index contributed by atoms with van der Waals surface area (Å²) < 4.78 is 3.15. The molecule has 3 nitrogen and oxygen atoms in total. The van der Waals surface area contributed by atoms with Gasteiger partial charge in [-0.15, -0.1) is 0 Å². The van der Waals surface area contributed by atoms with Crippen LogP contribution in [0.1, 0.15) is 15.9 Å². The van der Waals surface area contributed by atoms with E-state index in [2.05, 4.69) is 38.7 Å². The highest BCUT2D eigenvalue weighted by Crippen LogP contribution is 2.24. The van der Waals surface area contributed by atoms with Gasteiger partial charge < -0.3 is 10.3 Å². The topological polar surface area (TPSA) is 48.0 Å². The van der Waals surface area contributed by atoms with E-state index in [4.69, 9.17) is 17.3 Å². The molecule has 2 aromatic carbocycles. The van der Waals surface area contributed by atoms with E-state index in [1.54, 1.807) is 12.1 Å². The molecule has 0 spiro atoms. The Morgan fingerprint density at radius 1 is 1.19 bits per heavy atom. The van der Waals surface area contributed by atoms with Crippen molar-refractivity contribution in [2.75, 3.05) is 0 Å². The summed E-state index contributed by atoms with van der Waals surface area (Å²) in [6.07, 6.45) is 2.02. The van der Waals surface area contributed by atoms with Gasteiger partial charge in [-0.05, 0) is 41.3 Å². The van der Waals surface area contributed by atoms with Gasteiger partial charge in [-0.2, -0.15) is 0 Å². The molecule has 3 rings (SSSR count). The first kappa shape index (κ1) is 14.2. The maximum Gasteiger partial charge on any atom is 0.248 e. The average Bonchev–Trinajstić information content (AvgIpc) is 2.83. The van der Waals surface area contributed by atoms with E-state index >= 15 is 0 Å². The monoisotopic (exact) mass is 362 g/mol. The fourth-order valence-corrected chi connectivity index (χ4v) is 2.90. The zero-order chi connectivity index (χ0) is 15.0. The molecule has 0 saturated carbocycles. The van der Waals surface area contributed by atoms with Gasteiger partial charge in [-0.1, -0.05) is 39.7 Å². The first-order valence-electron chi connectivity index (χ1n) is 6.37. The number of hydrogen-bond acceptors (Lipinski definition) is 1. The van der Waals surface area contributed by atoms with Crippen LogP contribution in [0.15, 0.2) is 53.1 Å². The van der Waals surface area contributed by atoms with Gasteiger partial charge in [0.15, 0.2) is 0 Å². The van der Waals surface area contributed by atoms with Crippen molar-refractivity contribution in [2.24, 2.45) is 5.73 Å². The van der Waals surface area contributed by atoms with Crippen LogP contribution in [0.4, 0.5) is 0 Å². The van der Waals surface area contributed by atoms with Crippen molar-refractivity contribution >= 4 is 44.3 Å². The van der Waals surface area contributed by atoms with Crippen LogP contribution < -0.4 is 5.73 Å². The molecule has 0 radical (unpaired) electrons. The third-order valence-corrected chi connectivity index (χ3v) is 4.26. The summed E-state index contributed by atoms with van der Waals surface area (Å²) >= 11 is 9.73. The van der Waals surface area contributed by atoms with E-state index in [-0.39, 0.29) is 0 Å². The molecule has 0 aliphatic carbocycles. The van der Waals surface area contributed by atoms with Crippen molar-refractivity contribution in [2.45, 2.75) is 6.54 Å². The number of amides is 1. The third kappa shape index (κ3) is 2.82. The summed E-state index contributed by atoms with van der Waals surface area (Å²) in [5.41, 5.74) is 7.74. The SMILES string of the molecule is NC(=O)c1ccc(Cn2ccc3ccc(Br)cc32)c(Cl)c1. The Kier molecular flexibility index (Phi) is 3.74. The smallest absolute Gasteiger partial charge is 0.248 e. The van der Waals surface area contributed by atoms with Gasteiger partial charge in [0.2, 0.25) is 5.91 Å². The zero-order valence-electron chi connectivity index (χ0n) is 11.0. The van der Waals surface area contributed by atoms with Crippen LogP contribution in [0.2, 0.25) is 5.02 Å². The minimum atomic E-state index is -0.473. The van der Waals surface area contributed by atoms with Gasteiger partial charge in [0.05, 0.1) is 0 Å². The quantitative estimate of drug-likeness (QED) is 0.744. The largest absolute Gasteiger partial charge is 0.366 e. The lowest BCUT2D eigenvalue weighted by atomic mass is 10.1. The average molecular weight is 364 g/mol. The summed E-state index contributed by atoms with van der Waals surface area (Å²) in [5.74, 6) is -0.473. The summed E-state index contributed by atoms with van der Waals surface area (Å²) in [4.78, 5) is 11.1. The van der Waals surface area contributed by atoms with Gasteiger partial charge in [-0.25, -0.2) is 0 Å². The number of benzene rings is 2. The molecule has 0 unspecified atom stereocenters. The second kappa shape index (κ2) is 5.54. The maximum atomic E-state index is 11.1. The van der Waals surface area contributed by atoms with E-state index < -0.39 is 5.91 Å². The molecule has 3 aromatic rings. The lowest BCUT2D eigenvalue weighted by molar-refractivity contribution is 0.100. The summed E-state index contributed by atoms with van der Waals surface area (Å²) in [6, 6.07) is 13.4. The second-order valence-electron chi connectivity index (χ2n) is 4.82. The molecule has 5 heteroatoms. The Hall–Kier alpha value is -1.78. The number of fused-ring (bicyclic) bond motifs is 1. The highest BCUT2D eigenvalue weighted by molar-refractivity contribution is 9.10. The Morgan fingerprint density at radius 3 is 2.71 bits per heavy atom. The number of rotatable bonds is 3. The lowest BCUT2D eigenvalue weighted by Gasteiger charge is -2.09. The Labute approximate surface area is 135 Å². The number of halogens is 2. The molecule has 0 aliphatic rings. The standard InChI is InChI=1S/C16H12BrClN2O/c17-13-4-3-10-5-6-20(15(10)8-13)9-12-2-1-11(16(19)21)7-14(12)18/h1-8H,9H2,(H2,19,21). The number of primary amides is 1. The zero-order valence-corrected chi connectivity index (χ0v) is 13.4. The van der Waals surface area contributed by atoms with Crippen molar-refractivity contribution in [3.05, 3.63) is 69.3 Å². The van der Waals surface area contributed by atoms with Gasteiger partial charge >= 0.3 is 0 Å². The predicted octanol–water partition coefficient (Wildman–Crippen LogP) is 4.20. The number of carbonyl (C=O) groups excluding carboxylic acids is 1. The normalized spacial score (nSPS) is 11.0. The molecular formula is C16H12BrClN2O. The first-order valence-corrected chi connectivity index (χ1v) is 7.54. The molecular weight excluding hydrogens is 352 g/mol. The van der Waals surface area contributed by atoms with Crippen LogP contribution in [0.5, 0.6) is 0 Å². The predicted molar refractivity (Wildman–Crippen MR) is 88.7 cm³/mol. The van der Waals surface area contributed by atoms with Crippen LogP contribution in [-0.4, -0.2) is 10.5 Å². The van der Waals surface area contributed by atoms with Crippen molar-refractivity contribution < 1.29 is 4.79 Å². The van der Waals surface area contributed by atoms with Crippen LogP contribution in [-0.2, 0) is 6.54 Å². The summed E-state index contributed by atoms with van der Waals surface area (Å²) in [6.45, 7) is 0.637. The van der Waals surface area contributed by atoms with Crippen LogP contribution >= 0.6 is 27.5 Å². The van der Waals surface area contributed by atoms with Crippen molar-refractivity contribution in [1.82, 2.24) is 4.57 Å². The second-order valence-corrected chi connectivity index (χ2v) is 6.14. The minimum Gasteiger partial charge on any atom is -0.366 e. The molecule has 0 aliphatic heterocycles.